The molecule has 0 aliphatic heterocycles. The standard InChI is InChI=1S/C15H24O2/c1-3-4-5-6-7-8-9-13-11-14(16)12(2)10-15(13)17/h10-11,16-17H,3-9H2,1-2H3. The number of aryl methyl sites for hydroxylation is 2. The Morgan fingerprint density at radius 3 is 2.24 bits per heavy atom. The molecule has 0 bridgehead atoms. The van der Waals surface area contributed by atoms with E-state index in [1.54, 1.807) is 19.1 Å². The molecule has 2 nitrogen and oxygen atoms in total. The predicted octanol–water partition coefficient (Wildman–Crippen LogP) is 4.31. The molecule has 2 N–H and O–H groups in total. The number of unbranched alkanes of at least 4 members (excludes halogenated alkanes) is 5. The SMILES string of the molecule is CCCCCCCCc1cc(O)c(C)cc1O. The van der Waals surface area contributed by atoms with Crippen molar-refractivity contribution in [3.8, 4) is 11.5 Å². The van der Waals surface area contributed by atoms with Gasteiger partial charge in [0, 0.05) is 0 Å². The average Bonchev–Trinajstić information content (AvgIpc) is 2.30. The monoisotopic (exact) mass is 236 g/mol. The fourth-order valence-electron chi connectivity index (χ4n) is 2.02. The van der Waals surface area contributed by atoms with Crippen molar-refractivity contribution >= 4 is 0 Å². The van der Waals surface area contributed by atoms with Gasteiger partial charge in [0.05, 0.1) is 0 Å². The Balaban J connectivity index is 2.34. The van der Waals surface area contributed by atoms with Crippen LogP contribution in [0.3, 0.4) is 0 Å². The van der Waals surface area contributed by atoms with Crippen LogP contribution in [0.1, 0.15) is 56.6 Å². The lowest BCUT2D eigenvalue weighted by atomic mass is 10.0. The maximum Gasteiger partial charge on any atom is 0.119 e. The van der Waals surface area contributed by atoms with Gasteiger partial charge in [0.1, 0.15) is 11.5 Å². The van der Waals surface area contributed by atoms with E-state index in [1.807, 2.05) is 0 Å². The third-order valence-electron chi connectivity index (χ3n) is 3.20. The van der Waals surface area contributed by atoms with Crippen LogP contribution in [0, 0.1) is 6.92 Å². The Morgan fingerprint density at radius 2 is 1.53 bits per heavy atom. The molecule has 0 heterocycles. The summed E-state index contributed by atoms with van der Waals surface area (Å²) < 4.78 is 0. The largest absolute Gasteiger partial charge is 0.508 e. The van der Waals surface area contributed by atoms with Crippen molar-refractivity contribution < 1.29 is 10.2 Å². The summed E-state index contributed by atoms with van der Waals surface area (Å²) in [5.74, 6) is 0.595. The number of hydrogen-bond donors (Lipinski definition) is 2. The van der Waals surface area contributed by atoms with E-state index in [-0.39, 0.29) is 5.75 Å². The molecule has 0 spiro atoms. The summed E-state index contributed by atoms with van der Waals surface area (Å²) in [6, 6.07) is 3.33. The lowest BCUT2D eigenvalue weighted by Gasteiger charge is -2.07. The van der Waals surface area contributed by atoms with Gasteiger partial charge in [-0.15, -0.1) is 0 Å². The lowest BCUT2D eigenvalue weighted by molar-refractivity contribution is 0.449. The third-order valence-corrected chi connectivity index (χ3v) is 3.20. The Kier molecular flexibility index (Phi) is 5.88. The predicted molar refractivity (Wildman–Crippen MR) is 71.6 cm³/mol. The van der Waals surface area contributed by atoms with Gasteiger partial charge in [0.25, 0.3) is 0 Å². The van der Waals surface area contributed by atoms with E-state index < -0.39 is 0 Å². The maximum absolute atomic E-state index is 9.75. The second-order valence-corrected chi connectivity index (χ2v) is 4.79. The zero-order valence-electron chi connectivity index (χ0n) is 11.0. The molecule has 1 aromatic carbocycles. The van der Waals surface area contributed by atoms with Gasteiger partial charge in [-0.25, -0.2) is 0 Å². The van der Waals surface area contributed by atoms with Crippen LogP contribution in [0.4, 0.5) is 0 Å². The van der Waals surface area contributed by atoms with Crippen LogP contribution in [-0.2, 0) is 6.42 Å². The summed E-state index contributed by atoms with van der Waals surface area (Å²) in [6.45, 7) is 4.01. The summed E-state index contributed by atoms with van der Waals surface area (Å²) in [4.78, 5) is 0. The highest BCUT2D eigenvalue weighted by molar-refractivity contribution is 5.44. The van der Waals surface area contributed by atoms with Crippen LogP contribution in [0.15, 0.2) is 12.1 Å². The number of phenols is 2. The zero-order valence-corrected chi connectivity index (χ0v) is 11.0. The lowest BCUT2D eigenvalue weighted by Crippen LogP contribution is -1.89. The van der Waals surface area contributed by atoms with Gasteiger partial charge in [-0.1, -0.05) is 39.0 Å². The molecule has 17 heavy (non-hydrogen) atoms. The van der Waals surface area contributed by atoms with E-state index in [1.165, 1.54) is 32.1 Å². The van der Waals surface area contributed by atoms with Crippen molar-refractivity contribution in [2.24, 2.45) is 0 Å². The maximum atomic E-state index is 9.75. The molecule has 0 amide bonds. The minimum absolute atomic E-state index is 0.281. The number of aromatic hydroxyl groups is 2. The molecule has 2 heteroatoms. The second-order valence-electron chi connectivity index (χ2n) is 4.79. The summed E-state index contributed by atoms with van der Waals surface area (Å²) >= 11 is 0. The molecule has 0 aliphatic rings. The van der Waals surface area contributed by atoms with Gasteiger partial charge in [0.2, 0.25) is 0 Å². The number of phenolic OH excluding ortho intramolecular Hbond substituents is 2. The first kappa shape index (κ1) is 13.9. The zero-order chi connectivity index (χ0) is 12.7. The van der Waals surface area contributed by atoms with Crippen molar-refractivity contribution in [3.05, 3.63) is 23.3 Å². The molecular weight excluding hydrogens is 212 g/mol. The first-order chi connectivity index (χ1) is 8.15. The Morgan fingerprint density at radius 1 is 0.882 bits per heavy atom. The van der Waals surface area contributed by atoms with Crippen molar-refractivity contribution in [1.82, 2.24) is 0 Å². The molecule has 0 aromatic heterocycles. The van der Waals surface area contributed by atoms with Gasteiger partial charge < -0.3 is 10.2 Å². The van der Waals surface area contributed by atoms with Crippen LogP contribution < -0.4 is 0 Å². The van der Waals surface area contributed by atoms with Crippen molar-refractivity contribution in [2.45, 2.75) is 58.8 Å². The number of rotatable bonds is 7. The van der Waals surface area contributed by atoms with E-state index in [2.05, 4.69) is 6.92 Å². The quantitative estimate of drug-likeness (QED) is 0.547. The van der Waals surface area contributed by atoms with Crippen LogP contribution in [0.2, 0.25) is 0 Å². The van der Waals surface area contributed by atoms with Crippen molar-refractivity contribution in [2.75, 3.05) is 0 Å². The molecule has 0 aliphatic carbocycles. The highest BCUT2D eigenvalue weighted by Crippen LogP contribution is 2.27. The Bertz CT molecular complexity index is 345. The molecular formula is C15H24O2. The van der Waals surface area contributed by atoms with E-state index in [0.29, 0.717) is 5.75 Å². The first-order valence-electron chi connectivity index (χ1n) is 6.66. The van der Waals surface area contributed by atoms with Crippen molar-refractivity contribution in [1.29, 1.82) is 0 Å². The summed E-state index contributed by atoms with van der Waals surface area (Å²) in [6.07, 6.45) is 8.30. The van der Waals surface area contributed by atoms with Gasteiger partial charge >= 0.3 is 0 Å². The van der Waals surface area contributed by atoms with Crippen LogP contribution in [-0.4, -0.2) is 10.2 Å². The van der Waals surface area contributed by atoms with Crippen molar-refractivity contribution in [3.63, 3.8) is 0 Å². The summed E-state index contributed by atoms with van der Waals surface area (Å²) in [7, 11) is 0. The summed E-state index contributed by atoms with van der Waals surface area (Å²) in [5, 5.41) is 19.3. The molecule has 96 valence electrons. The number of benzene rings is 1. The third kappa shape index (κ3) is 4.68. The van der Waals surface area contributed by atoms with Gasteiger partial charge in [-0.3, -0.25) is 0 Å². The van der Waals surface area contributed by atoms with Crippen LogP contribution >= 0.6 is 0 Å². The second kappa shape index (κ2) is 7.21. The minimum atomic E-state index is 0.281. The van der Waals surface area contributed by atoms with Crippen LogP contribution in [0.25, 0.3) is 0 Å². The highest BCUT2D eigenvalue weighted by atomic mass is 16.3. The van der Waals surface area contributed by atoms with Gasteiger partial charge in [-0.05, 0) is 43.0 Å². The normalized spacial score (nSPS) is 10.7. The molecule has 1 aromatic rings. The molecule has 0 atom stereocenters. The fraction of sp³-hybridized carbons (Fsp3) is 0.600. The van der Waals surface area contributed by atoms with E-state index in [0.717, 1.165) is 24.0 Å². The molecule has 0 fully saturated rings. The fourth-order valence-corrected chi connectivity index (χ4v) is 2.02. The summed E-state index contributed by atoms with van der Waals surface area (Å²) in [5.41, 5.74) is 1.60. The smallest absolute Gasteiger partial charge is 0.119 e. The van der Waals surface area contributed by atoms with E-state index in [4.69, 9.17) is 0 Å². The Hall–Kier alpha value is -1.18. The molecule has 0 saturated carbocycles. The molecule has 1 rings (SSSR count). The topological polar surface area (TPSA) is 40.5 Å². The van der Waals surface area contributed by atoms with Gasteiger partial charge in [0.15, 0.2) is 0 Å². The van der Waals surface area contributed by atoms with Gasteiger partial charge in [-0.2, -0.15) is 0 Å². The van der Waals surface area contributed by atoms with Crippen LogP contribution in [0.5, 0.6) is 11.5 Å². The molecule has 0 saturated heterocycles. The molecule has 0 unspecified atom stereocenters. The first-order valence-corrected chi connectivity index (χ1v) is 6.66. The Labute approximate surface area is 104 Å². The highest BCUT2D eigenvalue weighted by Gasteiger charge is 2.05. The minimum Gasteiger partial charge on any atom is -0.508 e. The molecule has 0 radical (unpaired) electrons. The number of hydrogen-bond acceptors (Lipinski definition) is 2. The van der Waals surface area contributed by atoms with E-state index >= 15 is 0 Å². The average molecular weight is 236 g/mol. The van der Waals surface area contributed by atoms with E-state index in [9.17, 15) is 10.2 Å².